The lowest BCUT2D eigenvalue weighted by molar-refractivity contribution is -0.129. The monoisotopic (exact) mass is 336 g/mol. The lowest BCUT2D eigenvalue weighted by Crippen LogP contribution is -2.41. The Hall–Kier alpha value is -1.58. The minimum Gasteiger partial charge on any atom is -0.507 e. The van der Waals surface area contributed by atoms with Gasteiger partial charge in [0.25, 0.3) is 0 Å². The Morgan fingerprint density at radius 3 is 2.04 bits per heavy atom. The first-order chi connectivity index (χ1) is 11.4. The van der Waals surface area contributed by atoms with Crippen LogP contribution in [-0.2, 0) is 14.3 Å². The predicted octanol–water partition coefficient (Wildman–Crippen LogP) is 5.04. The van der Waals surface area contributed by atoms with Gasteiger partial charge in [-0.25, -0.2) is 0 Å². The molecule has 0 saturated heterocycles. The van der Waals surface area contributed by atoms with Gasteiger partial charge in [-0.1, -0.05) is 47.0 Å². The number of hydrogen-bond acceptors (Lipinski definition) is 4. The van der Waals surface area contributed by atoms with Crippen LogP contribution in [0.15, 0.2) is 22.7 Å². The van der Waals surface area contributed by atoms with Crippen LogP contribution in [0.3, 0.4) is 0 Å². The number of aliphatic hydroxyl groups is 1. The van der Waals surface area contributed by atoms with Crippen molar-refractivity contribution >= 4 is 11.6 Å². The maximum Gasteiger partial charge on any atom is 0.183 e. The summed E-state index contributed by atoms with van der Waals surface area (Å²) < 4.78 is 6.04. The number of carbonyl (C=O) groups is 2. The molecular formula is C20H32O4. The van der Waals surface area contributed by atoms with E-state index < -0.39 is 5.41 Å². The Balaban J connectivity index is 3.69. The summed E-state index contributed by atoms with van der Waals surface area (Å²) in [5.41, 5.74) is -0.196. The predicted molar refractivity (Wildman–Crippen MR) is 95.8 cm³/mol. The van der Waals surface area contributed by atoms with Crippen molar-refractivity contribution in [3.8, 4) is 0 Å². The third-order valence-corrected chi connectivity index (χ3v) is 4.55. The molecular weight excluding hydrogens is 304 g/mol. The molecule has 1 rings (SSSR count). The fourth-order valence-corrected chi connectivity index (χ4v) is 3.67. The summed E-state index contributed by atoms with van der Waals surface area (Å²) in [6.07, 6.45) is 5.14. The molecule has 0 aliphatic heterocycles. The molecule has 24 heavy (non-hydrogen) atoms. The van der Waals surface area contributed by atoms with E-state index in [0.717, 1.165) is 25.7 Å². The van der Waals surface area contributed by atoms with Crippen LogP contribution >= 0.6 is 0 Å². The van der Waals surface area contributed by atoms with Crippen molar-refractivity contribution < 1.29 is 19.4 Å². The molecule has 0 unspecified atom stereocenters. The van der Waals surface area contributed by atoms with Crippen LogP contribution in [0.25, 0.3) is 0 Å². The van der Waals surface area contributed by atoms with Crippen molar-refractivity contribution in [2.24, 2.45) is 5.41 Å². The van der Waals surface area contributed by atoms with E-state index in [2.05, 4.69) is 0 Å². The number of Topliss-reactive ketones (excluding diaryl/α,β-unsaturated/α-hetero) is 2. The first-order valence-electron chi connectivity index (χ1n) is 9.26. The highest BCUT2D eigenvalue weighted by molar-refractivity contribution is 6.23. The highest BCUT2D eigenvalue weighted by atomic mass is 16.5. The minimum atomic E-state index is -0.809. The highest BCUT2D eigenvalue weighted by Crippen LogP contribution is 2.48. The Morgan fingerprint density at radius 1 is 1.04 bits per heavy atom. The molecule has 0 aromatic rings. The van der Waals surface area contributed by atoms with E-state index in [9.17, 15) is 14.7 Å². The third kappa shape index (κ3) is 3.73. The van der Waals surface area contributed by atoms with Crippen molar-refractivity contribution in [3.05, 3.63) is 22.7 Å². The summed E-state index contributed by atoms with van der Waals surface area (Å²) in [4.78, 5) is 25.3. The molecule has 0 radical (unpaired) electrons. The maximum absolute atomic E-state index is 13.2. The van der Waals surface area contributed by atoms with Gasteiger partial charge in [0, 0.05) is 5.57 Å². The highest BCUT2D eigenvalue weighted by Gasteiger charge is 2.50. The number of ether oxygens (including phenoxy) is 1. The molecule has 0 aromatic heterocycles. The van der Waals surface area contributed by atoms with Gasteiger partial charge in [-0.15, -0.1) is 0 Å². The molecule has 4 nitrogen and oxygen atoms in total. The van der Waals surface area contributed by atoms with Gasteiger partial charge in [-0.05, 0) is 32.6 Å². The van der Waals surface area contributed by atoms with Gasteiger partial charge in [0.15, 0.2) is 11.6 Å². The Kier molecular flexibility index (Phi) is 7.71. The molecule has 0 bridgehead atoms. The van der Waals surface area contributed by atoms with Crippen LogP contribution in [0.4, 0.5) is 0 Å². The normalized spacial score (nSPS) is 17.5. The Labute approximate surface area is 146 Å². The molecule has 0 heterocycles. The number of aliphatic hydroxyl groups excluding tert-OH is 1. The number of allylic oxidation sites excluding steroid dienone is 3. The van der Waals surface area contributed by atoms with Crippen molar-refractivity contribution in [1.82, 2.24) is 0 Å². The van der Waals surface area contributed by atoms with E-state index in [1.165, 1.54) is 6.92 Å². The molecule has 0 atom stereocenters. The fourth-order valence-electron chi connectivity index (χ4n) is 3.67. The maximum atomic E-state index is 13.2. The summed E-state index contributed by atoms with van der Waals surface area (Å²) >= 11 is 0. The molecule has 136 valence electrons. The Bertz CT molecular complexity index is 534. The number of hydrogen-bond donors (Lipinski definition) is 1. The zero-order valence-corrected chi connectivity index (χ0v) is 15.8. The Morgan fingerprint density at radius 2 is 1.62 bits per heavy atom. The van der Waals surface area contributed by atoms with Gasteiger partial charge in [-0.3, -0.25) is 9.59 Å². The first-order valence-corrected chi connectivity index (χ1v) is 9.26. The van der Waals surface area contributed by atoms with Crippen molar-refractivity contribution in [2.75, 3.05) is 6.61 Å². The molecule has 1 N–H and O–H groups in total. The van der Waals surface area contributed by atoms with Crippen LogP contribution in [0.2, 0.25) is 0 Å². The van der Waals surface area contributed by atoms with Crippen molar-refractivity contribution in [2.45, 2.75) is 79.6 Å². The average molecular weight is 336 g/mol. The summed E-state index contributed by atoms with van der Waals surface area (Å²) in [6, 6.07) is 0. The fraction of sp³-hybridized carbons (Fsp3) is 0.700. The van der Waals surface area contributed by atoms with E-state index in [-0.39, 0.29) is 22.9 Å². The van der Waals surface area contributed by atoms with E-state index >= 15 is 0 Å². The van der Waals surface area contributed by atoms with Crippen LogP contribution in [0.1, 0.15) is 79.6 Å². The molecule has 0 spiro atoms. The van der Waals surface area contributed by atoms with E-state index in [1.807, 2.05) is 27.7 Å². The topological polar surface area (TPSA) is 63.6 Å². The third-order valence-electron chi connectivity index (χ3n) is 4.55. The van der Waals surface area contributed by atoms with Gasteiger partial charge < -0.3 is 9.84 Å². The summed E-state index contributed by atoms with van der Waals surface area (Å²) in [6.45, 7) is 9.97. The van der Waals surface area contributed by atoms with Crippen molar-refractivity contribution in [1.29, 1.82) is 0 Å². The molecule has 1 aliphatic carbocycles. The van der Waals surface area contributed by atoms with E-state index in [4.69, 9.17) is 4.74 Å². The lowest BCUT2D eigenvalue weighted by atomic mass is 9.66. The zero-order chi connectivity index (χ0) is 18.3. The van der Waals surface area contributed by atoms with Crippen LogP contribution in [0.5, 0.6) is 0 Å². The molecule has 0 fully saturated rings. The van der Waals surface area contributed by atoms with E-state index in [1.54, 1.807) is 0 Å². The molecule has 0 saturated carbocycles. The number of rotatable bonds is 10. The molecule has 1 aliphatic rings. The molecule has 0 amide bonds. The lowest BCUT2D eigenvalue weighted by Gasteiger charge is -2.39. The van der Waals surface area contributed by atoms with Gasteiger partial charge >= 0.3 is 0 Å². The summed E-state index contributed by atoms with van der Waals surface area (Å²) in [5.74, 6) is -0.176. The quantitative estimate of drug-likeness (QED) is 0.568. The zero-order valence-electron chi connectivity index (χ0n) is 15.8. The standard InChI is InChI=1S/C20H32O4/c1-6-10-15-17(22)16(14(5)21)18(23)20(11-7-2,12-8-3)19(15)24-13-9-4/h22H,6-13H2,1-5H3. The second-order valence-corrected chi connectivity index (χ2v) is 6.60. The van der Waals surface area contributed by atoms with Crippen LogP contribution in [-0.4, -0.2) is 23.3 Å². The van der Waals surface area contributed by atoms with E-state index in [0.29, 0.717) is 37.2 Å². The largest absolute Gasteiger partial charge is 0.507 e. The molecule has 4 heteroatoms. The van der Waals surface area contributed by atoms with Crippen LogP contribution < -0.4 is 0 Å². The second-order valence-electron chi connectivity index (χ2n) is 6.60. The van der Waals surface area contributed by atoms with Crippen molar-refractivity contribution in [3.63, 3.8) is 0 Å². The molecule has 0 aromatic carbocycles. The number of ketones is 2. The van der Waals surface area contributed by atoms with Gasteiger partial charge in [-0.2, -0.15) is 0 Å². The minimum absolute atomic E-state index is 0.0378. The number of carbonyl (C=O) groups excluding carboxylic acids is 2. The first kappa shape index (κ1) is 20.5. The van der Waals surface area contributed by atoms with Gasteiger partial charge in [0.05, 0.1) is 12.0 Å². The van der Waals surface area contributed by atoms with Crippen LogP contribution in [0, 0.1) is 5.41 Å². The SMILES string of the molecule is CCCOC1=C(CCC)C(O)=C(C(C)=O)C(=O)C1(CCC)CCC. The van der Waals surface area contributed by atoms with Gasteiger partial charge in [0.2, 0.25) is 0 Å². The second kappa shape index (κ2) is 9.05. The summed E-state index contributed by atoms with van der Waals surface area (Å²) in [5, 5.41) is 10.6. The summed E-state index contributed by atoms with van der Waals surface area (Å²) in [7, 11) is 0. The average Bonchev–Trinajstić information content (AvgIpc) is 2.52. The van der Waals surface area contributed by atoms with Gasteiger partial charge in [0.1, 0.15) is 17.1 Å². The smallest absolute Gasteiger partial charge is 0.183 e.